The standard InChI is InChI=1S/C16H21N5O2S2/c17-25-18-10-6-2-5-9-14(22)21-16-20-13(11-24-16)15(23)19-12-7-3-1-4-8-12/h1,3-4,7-8,11,18H,2,5-6,9-10,17H2,(H,19,23)(H,20,21,22). The molecule has 134 valence electrons. The van der Waals surface area contributed by atoms with Gasteiger partial charge in [-0.3, -0.25) is 19.5 Å². The summed E-state index contributed by atoms with van der Waals surface area (Å²) in [5, 5.41) is 12.8. The number of nitrogens with one attached hydrogen (secondary N) is 3. The minimum Gasteiger partial charge on any atom is -0.321 e. The molecule has 2 amide bonds. The van der Waals surface area contributed by atoms with Crippen molar-refractivity contribution in [3.05, 3.63) is 41.4 Å². The molecular formula is C16H21N5O2S2. The zero-order valence-electron chi connectivity index (χ0n) is 13.7. The number of anilines is 2. The first kappa shape index (κ1) is 19.4. The van der Waals surface area contributed by atoms with E-state index in [0.717, 1.165) is 37.9 Å². The fourth-order valence-electron chi connectivity index (χ4n) is 2.05. The van der Waals surface area contributed by atoms with Crippen LogP contribution in [0.25, 0.3) is 0 Å². The van der Waals surface area contributed by atoms with Crippen LogP contribution in [0.4, 0.5) is 10.8 Å². The van der Waals surface area contributed by atoms with Gasteiger partial charge in [-0.15, -0.1) is 11.3 Å². The summed E-state index contributed by atoms with van der Waals surface area (Å²) >= 11 is 2.34. The number of carbonyl (C=O) groups excluding carboxylic acids is 2. The summed E-state index contributed by atoms with van der Waals surface area (Å²) < 4.78 is 2.95. The molecule has 1 aromatic heterocycles. The molecular weight excluding hydrogens is 358 g/mol. The Morgan fingerprint density at radius 2 is 1.92 bits per heavy atom. The van der Waals surface area contributed by atoms with Crippen molar-refractivity contribution in [2.24, 2.45) is 5.14 Å². The van der Waals surface area contributed by atoms with Gasteiger partial charge >= 0.3 is 0 Å². The fraction of sp³-hybridized carbons (Fsp3) is 0.312. The van der Waals surface area contributed by atoms with E-state index in [1.807, 2.05) is 18.2 Å². The third-order valence-corrected chi connectivity index (χ3v) is 4.41. The topological polar surface area (TPSA) is 109 Å². The summed E-state index contributed by atoms with van der Waals surface area (Å²) in [6.07, 6.45) is 3.15. The number of rotatable bonds is 10. The van der Waals surface area contributed by atoms with Crippen LogP contribution in [0.2, 0.25) is 0 Å². The number of benzene rings is 1. The predicted octanol–water partition coefficient (Wildman–Crippen LogP) is 3.01. The third-order valence-electron chi connectivity index (χ3n) is 3.28. The number of thiazole rings is 1. The molecule has 0 atom stereocenters. The minimum absolute atomic E-state index is 0.0921. The lowest BCUT2D eigenvalue weighted by atomic mass is 10.2. The highest BCUT2D eigenvalue weighted by Gasteiger charge is 2.12. The molecule has 0 saturated heterocycles. The van der Waals surface area contributed by atoms with Gasteiger partial charge in [0, 0.05) is 36.2 Å². The monoisotopic (exact) mass is 379 g/mol. The van der Waals surface area contributed by atoms with E-state index in [4.69, 9.17) is 5.14 Å². The summed E-state index contributed by atoms with van der Waals surface area (Å²) in [5.74, 6) is -0.390. The number of hydrogen-bond acceptors (Lipinski definition) is 7. The number of carbonyl (C=O) groups is 2. The van der Waals surface area contributed by atoms with Gasteiger partial charge in [-0.25, -0.2) is 4.98 Å². The van der Waals surface area contributed by atoms with Gasteiger partial charge < -0.3 is 10.6 Å². The number of hydrogen-bond donors (Lipinski definition) is 4. The summed E-state index contributed by atoms with van der Waals surface area (Å²) in [4.78, 5) is 28.2. The van der Waals surface area contributed by atoms with Crippen LogP contribution in [0.5, 0.6) is 0 Å². The molecule has 0 unspecified atom stereocenters. The summed E-state index contributed by atoms with van der Waals surface area (Å²) in [5.41, 5.74) is 0.989. The average molecular weight is 380 g/mol. The number of nitrogens with zero attached hydrogens (tertiary/aromatic N) is 1. The molecule has 0 fully saturated rings. The highest BCUT2D eigenvalue weighted by Crippen LogP contribution is 2.17. The lowest BCUT2D eigenvalue weighted by Crippen LogP contribution is -2.14. The van der Waals surface area contributed by atoms with Crippen molar-refractivity contribution in [3.8, 4) is 0 Å². The maximum Gasteiger partial charge on any atom is 0.275 e. The van der Waals surface area contributed by atoms with Gasteiger partial charge in [0.15, 0.2) is 5.13 Å². The third kappa shape index (κ3) is 7.22. The van der Waals surface area contributed by atoms with Gasteiger partial charge in [0.1, 0.15) is 5.69 Å². The number of nitrogens with two attached hydrogens (primary N) is 1. The molecule has 1 aromatic carbocycles. The molecule has 2 rings (SSSR count). The smallest absolute Gasteiger partial charge is 0.275 e. The van der Waals surface area contributed by atoms with E-state index < -0.39 is 0 Å². The lowest BCUT2D eigenvalue weighted by Gasteiger charge is -2.03. The second kappa shape index (κ2) is 10.8. The van der Waals surface area contributed by atoms with Crippen molar-refractivity contribution in [1.29, 1.82) is 0 Å². The average Bonchev–Trinajstić information content (AvgIpc) is 3.07. The highest BCUT2D eigenvalue weighted by atomic mass is 32.2. The van der Waals surface area contributed by atoms with Gasteiger partial charge in [-0.2, -0.15) is 0 Å². The Balaban J connectivity index is 1.73. The number of unbranched alkanes of at least 4 members (excludes halogenated alkanes) is 2. The van der Waals surface area contributed by atoms with Gasteiger partial charge in [0.2, 0.25) is 5.91 Å². The predicted molar refractivity (Wildman–Crippen MR) is 103 cm³/mol. The van der Waals surface area contributed by atoms with Gasteiger partial charge in [0.05, 0.1) is 0 Å². The molecule has 0 bridgehead atoms. The van der Waals surface area contributed by atoms with Crippen LogP contribution in [0, 0.1) is 0 Å². The molecule has 9 heteroatoms. The highest BCUT2D eigenvalue weighted by molar-refractivity contribution is 7.95. The van der Waals surface area contributed by atoms with E-state index in [1.54, 1.807) is 17.5 Å². The second-order valence-electron chi connectivity index (χ2n) is 5.23. The Bertz CT molecular complexity index is 678. The molecule has 2 aromatic rings. The zero-order chi connectivity index (χ0) is 17.9. The van der Waals surface area contributed by atoms with E-state index in [0.29, 0.717) is 17.2 Å². The Hall–Kier alpha value is -1.94. The molecule has 7 nitrogen and oxygen atoms in total. The second-order valence-corrected chi connectivity index (χ2v) is 6.61. The largest absolute Gasteiger partial charge is 0.321 e. The summed E-state index contributed by atoms with van der Waals surface area (Å²) in [7, 11) is 0. The molecule has 1 heterocycles. The quantitative estimate of drug-likeness (QED) is 0.373. The first-order chi connectivity index (χ1) is 12.2. The number of aromatic nitrogens is 1. The van der Waals surface area contributed by atoms with E-state index in [-0.39, 0.29) is 17.5 Å². The summed E-state index contributed by atoms with van der Waals surface area (Å²) in [6, 6.07) is 9.16. The van der Waals surface area contributed by atoms with Crippen LogP contribution in [-0.2, 0) is 4.79 Å². The first-order valence-corrected chi connectivity index (χ1v) is 9.65. The molecule has 0 aliphatic rings. The van der Waals surface area contributed by atoms with Crippen molar-refractivity contribution in [1.82, 2.24) is 9.71 Å². The van der Waals surface area contributed by atoms with Crippen LogP contribution < -0.4 is 20.5 Å². The number of amides is 2. The van der Waals surface area contributed by atoms with E-state index in [9.17, 15) is 9.59 Å². The Morgan fingerprint density at radius 1 is 1.12 bits per heavy atom. The minimum atomic E-state index is -0.298. The fourth-order valence-corrected chi connectivity index (χ4v) is 3.02. The Morgan fingerprint density at radius 3 is 2.68 bits per heavy atom. The normalized spacial score (nSPS) is 10.4. The Labute approximate surface area is 155 Å². The van der Waals surface area contributed by atoms with Crippen molar-refractivity contribution in [3.63, 3.8) is 0 Å². The zero-order valence-corrected chi connectivity index (χ0v) is 15.3. The molecule has 0 aliphatic carbocycles. The molecule has 5 N–H and O–H groups in total. The first-order valence-electron chi connectivity index (χ1n) is 7.89. The van der Waals surface area contributed by atoms with Crippen LogP contribution >= 0.6 is 23.5 Å². The van der Waals surface area contributed by atoms with E-state index in [1.165, 1.54) is 11.3 Å². The maximum absolute atomic E-state index is 12.1. The van der Waals surface area contributed by atoms with Gasteiger partial charge in [-0.05, 0) is 25.0 Å². The van der Waals surface area contributed by atoms with Crippen LogP contribution in [0.15, 0.2) is 35.7 Å². The van der Waals surface area contributed by atoms with Gasteiger partial charge in [-0.1, -0.05) is 24.6 Å². The number of para-hydroxylation sites is 1. The van der Waals surface area contributed by atoms with Crippen molar-refractivity contribution in [2.45, 2.75) is 25.7 Å². The van der Waals surface area contributed by atoms with Crippen molar-refractivity contribution >= 4 is 46.1 Å². The van der Waals surface area contributed by atoms with Crippen molar-refractivity contribution < 1.29 is 9.59 Å². The molecule has 0 radical (unpaired) electrons. The van der Waals surface area contributed by atoms with E-state index >= 15 is 0 Å². The molecule has 25 heavy (non-hydrogen) atoms. The lowest BCUT2D eigenvalue weighted by molar-refractivity contribution is -0.116. The molecule has 0 aliphatic heterocycles. The molecule has 0 saturated carbocycles. The van der Waals surface area contributed by atoms with Crippen LogP contribution in [-0.4, -0.2) is 23.3 Å². The van der Waals surface area contributed by atoms with Crippen molar-refractivity contribution in [2.75, 3.05) is 17.2 Å². The maximum atomic E-state index is 12.1. The SMILES string of the molecule is NSNCCCCCC(=O)Nc1nc(C(=O)Nc2ccccc2)cs1. The van der Waals surface area contributed by atoms with Crippen LogP contribution in [0.3, 0.4) is 0 Å². The van der Waals surface area contributed by atoms with Crippen LogP contribution in [0.1, 0.15) is 36.2 Å². The molecule has 0 spiro atoms. The van der Waals surface area contributed by atoms with E-state index in [2.05, 4.69) is 20.3 Å². The van der Waals surface area contributed by atoms with Gasteiger partial charge in [0.25, 0.3) is 5.91 Å². The summed E-state index contributed by atoms with van der Waals surface area (Å²) in [6.45, 7) is 0.829. The Kier molecular flexibility index (Phi) is 8.40.